The Labute approximate surface area is 224 Å². The van der Waals surface area contributed by atoms with Crippen molar-refractivity contribution >= 4 is 11.6 Å². The number of nitrogens with one attached hydrogen (secondary N) is 1. The molecule has 6 nitrogen and oxygen atoms in total. The molecule has 0 radical (unpaired) electrons. The summed E-state index contributed by atoms with van der Waals surface area (Å²) in [6, 6.07) is 5.82. The third-order valence-corrected chi connectivity index (χ3v) is 7.95. The topological polar surface area (TPSA) is 51.7 Å². The molecule has 0 spiro atoms. The summed E-state index contributed by atoms with van der Waals surface area (Å²) in [5, 5.41) is 3.51. The average Bonchev–Trinajstić information content (AvgIpc) is 3.37. The minimum atomic E-state index is -0.764. The van der Waals surface area contributed by atoms with Crippen molar-refractivity contribution in [1.29, 1.82) is 0 Å². The zero-order valence-corrected chi connectivity index (χ0v) is 21.8. The normalized spacial score (nSPS) is 25.3. The standard InChI is InChI=1S/C28H36F3N5O.CH4/c1-18-13-35(23(11-32-18)15-34-7-6-21(30)14-34)16-27(37)36-17-28(2,3)24-12-33-22(10-26(24)36)8-19-4-5-20(29)9-25(19)31;/h4-5,9-10,12,18,21,23,32H,6-8,11,13-17H2,1-3H3;1H4/t18-,21-,23-;/m1./s1. The molecule has 208 valence electrons. The summed E-state index contributed by atoms with van der Waals surface area (Å²) in [7, 11) is 0. The molecule has 3 atom stereocenters. The first-order valence-corrected chi connectivity index (χ1v) is 13.2. The van der Waals surface area contributed by atoms with E-state index < -0.39 is 17.8 Å². The first-order valence-electron chi connectivity index (χ1n) is 13.2. The third-order valence-electron chi connectivity index (χ3n) is 7.95. The molecule has 1 amide bonds. The van der Waals surface area contributed by atoms with Gasteiger partial charge in [0.2, 0.25) is 5.91 Å². The number of likely N-dealkylation sites (tertiary alicyclic amines) is 1. The molecule has 0 saturated carbocycles. The van der Waals surface area contributed by atoms with Crippen molar-refractivity contribution in [2.24, 2.45) is 0 Å². The molecule has 2 aromatic rings. The summed E-state index contributed by atoms with van der Waals surface area (Å²) >= 11 is 0. The van der Waals surface area contributed by atoms with Gasteiger partial charge in [-0.3, -0.25) is 19.6 Å². The van der Waals surface area contributed by atoms with Crippen LogP contribution in [0.4, 0.5) is 18.9 Å². The van der Waals surface area contributed by atoms with Crippen LogP contribution in [0.25, 0.3) is 0 Å². The Bertz CT molecular complexity index is 1160. The van der Waals surface area contributed by atoms with Crippen LogP contribution in [0, 0.1) is 11.6 Å². The fraction of sp³-hybridized carbons (Fsp3) is 0.586. The number of pyridine rings is 1. The van der Waals surface area contributed by atoms with Crippen LogP contribution in [0.3, 0.4) is 0 Å². The maximum atomic E-state index is 14.3. The first kappa shape index (κ1) is 28.5. The summed E-state index contributed by atoms with van der Waals surface area (Å²) in [6.07, 6.45) is 1.81. The number of aromatic nitrogens is 1. The Morgan fingerprint density at radius 1 is 1.21 bits per heavy atom. The van der Waals surface area contributed by atoms with E-state index in [1.165, 1.54) is 12.1 Å². The minimum absolute atomic E-state index is 0. The van der Waals surface area contributed by atoms with E-state index in [1.54, 1.807) is 6.20 Å². The van der Waals surface area contributed by atoms with Crippen molar-refractivity contribution in [2.75, 3.05) is 50.7 Å². The second-order valence-corrected chi connectivity index (χ2v) is 11.5. The Morgan fingerprint density at radius 3 is 2.71 bits per heavy atom. The average molecular weight is 532 g/mol. The largest absolute Gasteiger partial charge is 0.311 e. The van der Waals surface area contributed by atoms with Gasteiger partial charge in [-0.05, 0) is 31.0 Å². The maximum absolute atomic E-state index is 14.3. The lowest BCUT2D eigenvalue weighted by atomic mass is 9.88. The van der Waals surface area contributed by atoms with Gasteiger partial charge in [-0.25, -0.2) is 13.2 Å². The van der Waals surface area contributed by atoms with E-state index >= 15 is 0 Å². The summed E-state index contributed by atoms with van der Waals surface area (Å²) in [4.78, 5) is 24.5. The second-order valence-electron chi connectivity index (χ2n) is 11.5. The van der Waals surface area contributed by atoms with Gasteiger partial charge < -0.3 is 10.2 Å². The number of anilines is 1. The van der Waals surface area contributed by atoms with E-state index in [0.717, 1.165) is 43.5 Å². The molecule has 0 unspecified atom stereocenters. The number of hydrogen-bond donors (Lipinski definition) is 1. The van der Waals surface area contributed by atoms with Crippen LogP contribution in [-0.2, 0) is 16.6 Å². The van der Waals surface area contributed by atoms with Crippen LogP contribution in [-0.4, -0.2) is 84.8 Å². The third kappa shape index (κ3) is 6.05. The zero-order chi connectivity index (χ0) is 26.3. The number of nitrogens with zero attached hydrogens (tertiary/aromatic N) is 4. The van der Waals surface area contributed by atoms with Crippen LogP contribution >= 0.6 is 0 Å². The Hall–Kier alpha value is -2.49. The summed E-state index contributed by atoms with van der Waals surface area (Å²) in [6.45, 7) is 10.6. The van der Waals surface area contributed by atoms with Crippen molar-refractivity contribution < 1.29 is 18.0 Å². The molecule has 4 heterocycles. The lowest BCUT2D eigenvalue weighted by molar-refractivity contribution is -0.120. The van der Waals surface area contributed by atoms with Gasteiger partial charge in [0.25, 0.3) is 0 Å². The lowest BCUT2D eigenvalue weighted by Gasteiger charge is -2.41. The van der Waals surface area contributed by atoms with Crippen molar-refractivity contribution in [3.8, 4) is 0 Å². The van der Waals surface area contributed by atoms with Gasteiger partial charge in [-0.15, -0.1) is 0 Å². The molecular weight excluding hydrogens is 491 g/mol. The highest BCUT2D eigenvalue weighted by Gasteiger charge is 2.40. The zero-order valence-electron chi connectivity index (χ0n) is 21.8. The second kappa shape index (κ2) is 11.3. The molecule has 2 fully saturated rings. The number of rotatable bonds is 6. The monoisotopic (exact) mass is 531 g/mol. The number of fused-ring (bicyclic) bond motifs is 1. The Kier molecular flexibility index (Phi) is 8.49. The molecule has 2 saturated heterocycles. The van der Waals surface area contributed by atoms with E-state index in [-0.39, 0.29) is 43.8 Å². The molecule has 3 aliphatic heterocycles. The molecule has 0 bridgehead atoms. The number of halogens is 3. The SMILES string of the molecule is C.C[C@@H]1CN(CC(=O)N2CC(C)(C)c3cnc(Cc4ccc(F)cc4F)cc32)[C@@H](CN2CC[C@@H](F)C2)CN1. The molecular formula is C29H40F3N5O. The van der Waals surface area contributed by atoms with Crippen molar-refractivity contribution in [2.45, 2.75) is 64.7 Å². The molecule has 3 aliphatic rings. The first-order chi connectivity index (χ1) is 17.6. The molecule has 0 aliphatic carbocycles. The van der Waals surface area contributed by atoms with Gasteiger partial charge in [0.15, 0.2) is 0 Å². The van der Waals surface area contributed by atoms with Gasteiger partial charge in [0.1, 0.15) is 17.8 Å². The van der Waals surface area contributed by atoms with E-state index in [0.29, 0.717) is 30.8 Å². The molecule has 38 heavy (non-hydrogen) atoms. The highest BCUT2D eigenvalue weighted by Crippen LogP contribution is 2.40. The molecule has 5 rings (SSSR count). The quantitative estimate of drug-likeness (QED) is 0.613. The maximum Gasteiger partial charge on any atom is 0.241 e. The van der Waals surface area contributed by atoms with Gasteiger partial charge in [-0.2, -0.15) is 0 Å². The fourth-order valence-corrected chi connectivity index (χ4v) is 5.89. The van der Waals surface area contributed by atoms with Gasteiger partial charge in [0.05, 0.1) is 12.2 Å². The van der Waals surface area contributed by atoms with E-state index in [4.69, 9.17) is 0 Å². The predicted molar refractivity (Wildman–Crippen MR) is 144 cm³/mol. The predicted octanol–water partition coefficient (Wildman–Crippen LogP) is 3.92. The number of amides is 1. The Morgan fingerprint density at radius 2 is 2.00 bits per heavy atom. The van der Waals surface area contributed by atoms with Crippen LogP contribution in [0.1, 0.15) is 51.4 Å². The van der Waals surface area contributed by atoms with Crippen molar-refractivity contribution in [1.82, 2.24) is 20.1 Å². The number of hydrogen-bond acceptors (Lipinski definition) is 5. The fourth-order valence-electron chi connectivity index (χ4n) is 5.89. The van der Waals surface area contributed by atoms with Crippen molar-refractivity contribution in [3.05, 3.63) is 58.9 Å². The van der Waals surface area contributed by atoms with Gasteiger partial charge in [-0.1, -0.05) is 27.3 Å². The highest BCUT2D eigenvalue weighted by molar-refractivity contribution is 5.97. The van der Waals surface area contributed by atoms with E-state index in [2.05, 4.69) is 40.9 Å². The minimum Gasteiger partial charge on any atom is -0.311 e. The van der Waals surface area contributed by atoms with Crippen LogP contribution < -0.4 is 10.2 Å². The number of piperazine rings is 1. The van der Waals surface area contributed by atoms with Crippen LogP contribution in [0.15, 0.2) is 30.5 Å². The lowest BCUT2D eigenvalue weighted by Crippen LogP contribution is -2.60. The van der Waals surface area contributed by atoms with Crippen LogP contribution in [0.2, 0.25) is 0 Å². The smallest absolute Gasteiger partial charge is 0.241 e. The molecule has 1 N–H and O–H groups in total. The number of carbonyl (C=O) groups excluding carboxylic acids is 1. The van der Waals surface area contributed by atoms with Crippen LogP contribution in [0.5, 0.6) is 0 Å². The summed E-state index contributed by atoms with van der Waals surface area (Å²) in [5.41, 5.74) is 2.52. The van der Waals surface area contributed by atoms with Gasteiger partial charge >= 0.3 is 0 Å². The highest BCUT2D eigenvalue weighted by atomic mass is 19.1. The molecule has 1 aromatic heterocycles. The molecule has 1 aromatic carbocycles. The van der Waals surface area contributed by atoms with E-state index in [1.807, 2.05) is 11.0 Å². The summed E-state index contributed by atoms with van der Waals surface area (Å²) in [5.74, 6) is -1.20. The summed E-state index contributed by atoms with van der Waals surface area (Å²) < 4.78 is 41.4. The van der Waals surface area contributed by atoms with Gasteiger partial charge in [0, 0.05) is 86.7 Å². The van der Waals surface area contributed by atoms with Crippen molar-refractivity contribution in [3.63, 3.8) is 0 Å². The Balaban J connectivity index is 0.00000336. The van der Waals surface area contributed by atoms with E-state index in [9.17, 15) is 18.0 Å². The molecule has 9 heteroatoms. The number of alkyl halides is 1. The number of benzene rings is 1. The number of carbonyl (C=O) groups is 1.